The van der Waals surface area contributed by atoms with Gasteiger partial charge in [-0.3, -0.25) is 0 Å². The van der Waals surface area contributed by atoms with Crippen molar-refractivity contribution in [2.24, 2.45) is 0 Å². The number of nitrogens with one attached hydrogen (secondary N) is 1. The second-order valence-corrected chi connectivity index (χ2v) is 4.85. The predicted octanol–water partition coefficient (Wildman–Crippen LogP) is 1.44. The zero-order chi connectivity index (χ0) is 16.9. The van der Waals surface area contributed by atoms with Crippen molar-refractivity contribution < 1.29 is 27.5 Å². The Morgan fingerprint density at radius 2 is 1.73 bits per heavy atom. The molecular weight excluding hydrogens is 308 g/mol. The van der Waals surface area contributed by atoms with Crippen molar-refractivity contribution in [1.82, 2.24) is 15.3 Å². The standard InChI is InChI=1S/C10H15FN4.C2HF3O2/c1-7-5-15(6-8(2)14-7)10-9(11)12-3-4-13-10;3-2(4,5)1(6)7/h3-4,7-8,14H,5-6H2,1-2H3;(H,6,7)/t7-,8+;. The zero-order valence-corrected chi connectivity index (χ0v) is 11.9. The van der Waals surface area contributed by atoms with E-state index in [1.165, 1.54) is 12.4 Å². The lowest BCUT2D eigenvalue weighted by Gasteiger charge is -2.36. The SMILES string of the molecule is C[C@@H]1CN(c2nccnc2F)C[C@H](C)N1.O=C(O)C(F)(F)F. The van der Waals surface area contributed by atoms with Gasteiger partial charge in [0.15, 0.2) is 5.82 Å². The summed E-state index contributed by atoms with van der Waals surface area (Å²) < 4.78 is 45.1. The fourth-order valence-electron chi connectivity index (χ4n) is 2.03. The molecule has 1 fully saturated rings. The summed E-state index contributed by atoms with van der Waals surface area (Å²) >= 11 is 0. The number of piperazine rings is 1. The van der Waals surface area contributed by atoms with Gasteiger partial charge in [-0.1, -0.05) is 0 Å². The molecule has 0 bridgehead atoms. The average Bonchev–Trinajstić information content (AvgIpc) is 2.37. The highest BCUT2D eigenvalue weighted by Crippen LogP contribution is 2.16. The van der Waals surface area contributed by atoms with E-state index in [2.05, 4.69) is 29.1 Å². The summed E-state index contributed by atoms with van der Waals surface area (Å²) in [6.45, 7) is 5.69. The molecule has 1 saturated heterocycles. The molecule has 0 radical (unpaired) electrons. The Hall–Kier alpha value is -1.97. The third-order valence-electron chi connectivity index (χ3n) is 2.74. The lowest BCUT2D eigenvalue weighted by atomic mass is 10.1. The van der Waals surface area contributed by atoms with E-state index in [1.54, 1.807) is 0 Å². The smallest absolute Gasteiger partial charge is 0.475 e. The van der Waals surface area contributed by atoms with Crippen LogP contribution in [-0.4, -0.2) is 52.4 Å². The molecule has 0 aromatic carbocycles. The Labute approximate surface area is 124 Å². The first-order chi connectivity index (χ1) is 10.1. The number of carboxylic acids is 1. The molecule has 0 saturated carbocycles. The van der Waals surface area contributed by atoms with Gasteiger partial charge in [-0.05, 0) is 13.8 Å². The number of aliphatic carboxylic acids is 1. The molecule has 6 nitrogen and oxygen atoms in total. The number of rotatable bonds is 1. The van der Waals surface area contributed by atoms with E-state index in [4.69, 9.17) is 9.90 Å². The van der Waals surface area contributed by atoms with Gasteiger partial charge in [0, 0.05) is 37.6 Å². The molecule has 10 heteroatoms. The molecule has 0 unspecified atom stereocenters. The Morgan fingerprint density at radius 3 is 2.14 bits per heavy atom. The minimum atomic E-state index is -5.08. The summed E-state index contributed by atoms with van der Waals surface area (Å²) in [7, 11) is 0. The lowest BCUT2D eigenvalue weighted by Crippen LogP contribution is -2.54. The van der Waals surface area contributed by atoms with Gasteiger partial charge < -0.3 is 15.3 Å². The highest BCUT2D eigenvalue weighted by molar-refractivity contribution is 5.73. The van der Waals surface area contributed by atoms with E-state index < -0.39 is 18.1 Å². The largest absolute Gasteiger partial charge is 0.490 e. The van der Waals surface area contributed by atoms with Crippen LogP contribution < -0.4 is 10.2 Å². The van der Waals surface area contributed by atoms with Gasteiger partial charge >= 0.3 is 12.1 Å². The Bertz CT molecular complexity index is 502. The van der Waals surface area contributed by atoms with Crippen LogP contribution in [0.4, 0.5) is 23.4 Å². The quantitative estimate of drug-likeness (QED) is 0.761. The number of halogens is 4. The van der Waals surface area contributed by atoms with Gasteiger partial charge in [0.05, 0.1) is 0 Å². The zero-order valence-electron chi connectivity index (χ0n) is 11.9. The molecule has 1 aliphatic rings. The van der Waals surface area contributed by atoms with Crippen LogP contribution in [0.2, 0.25) is 0 Å². The molecule has 0 spiro atoms. The van der Waals surface area contributed by atoms with Crippen LogP contribution in [0.1, 0.15) is 13.8 Å². The maximum atomic E-state index is 13.4. The number of carboxylic acid groups (broad SMARTS) is 1. The number of hydrogen-bond donors (Lipinski definition) is 2. The van der Waals surface area contributed by atoms with Crippen molar-refractivity contribution in [1.29, 1.82) is 0 Å². The average molecular weight is 324 g/mol. The minimum Gasteiger partial charge on any atom is -0.475 e. The fourth-order valence-corrected chi connectivity index (χ4v) is 2.03. The Morgan fingerprint density at radius 1 is 1.27 bits per heavy atom. The number of aromatic nitrogens is 2. The molecule has 2 N–H and O–H groups in total. The number of nitrogens with zero attached hydrogens (tertiary/aromatic N) is 3. The van der Waals surface area contributed by atoms with Gasteiger partial charge in [0.25, 0.3) is 5.95 Å². The number of anilines is 1. The van der Waals surface area contributed by atoms with Crippen LogP contribution in [-0.2, 0) is 4.79 Å². The van der Waals surface area contributed by atoms with Crippen LogP contribution in [0.25, 0.3) is 0 Å². The van der Waals surface area contributed by atoms with Crippen LogP contribution >= 0.6 is 0 Å². The fraction of sp³-hybridized carbons (Fsp3) is 0.583. The van der Waals surface area contributed by atoms with Crippen molar-refractivity contribution >= 4 is 11.8 Å². The summed E-state index contributed by atoms with van der Waals surface area (Å²) in [6.07, 6.45) is -2.19. The van der Waals surface area contributed by atoms with Crippen LogP contribution in [0, 0.1) is 5.95 Å². The summed E-state index contributed by atoms with van der Waals surface area (Å²) in [5, 5.41) is 10.5. The first kappa shape index (κ1) is 18.1. The van der Waals surface area contributed by atoms with Crippen molar-refractivity contribution in [3.05, 3.63) is 18.3 Å². The number of alkyl halides is 3. The van der Waals surface area contributed by atoms with Crippen LogP contribution in [0.5, 0.6) is 0 Å². The van der Waals surface area contributed by atoms with Crippen LogP contribution in [0.15, 0.2) is 12.4 Å². The first-order valence-corrected chi connectivity index (χ1v) is 6.39. The van der Waals surface area contributed by atoms with Gasteiger partial charge in [0.1, 0.15) is 0 Å². The molecule has 1 aromatic rings. The second-order valence-electron chi connectivity index (χ2n) is 4.85. The Kier molecular flexibility index (Phi) is 6.03. The molecule has 0 amide bonds. The minimum absolute atomic E-state index is 0.343. The monoisotopic (exact) mass is 324 g/mol. The van der Waals surface area contributed by atoms with Gasteiger partial charge in [-0.15, -0.1) is 0 Å². The van der Waals surface area contributed by atoms with Gasteiger partial charge in [-0.2, -0.15) is 17.6 Å². The maximum absolute atomic E-state index is 13.4. The van der Waals surface area contributed by atoms with E-state index in [0.29, 0.717) is 17.9 Å². The number of hydrogen-bond acceptors (Lipinski definition) is 5. The third-order valence-corrected chi connectivity index (χ3v) is 2.74. The summed E-state index contributed by atoms with van der Waals surface area (Å²) in [5.74, 6) is -2.89. The molecule has 1 aromatic heterocycles. The first-order valence-electron chi connectivity index (χ1n) is 6.39. The predicted molar refractivity (Wildman–Crippen MR) is 70.0 cm³/mol. The summed E-state index contributed by atoms with van der Waals surface area (Å²) in [5.41, 5.74) is 0. The third kappa shape index (κ3) is 5.43. The van der Waals surface area contributed by atoms with E-state index >= 15 is 0 Å². The highest BCUT2D eigenvalue weighted by Gasteiger charge is 2.38. The van der Waals surface area contributed by atoms with E-state index in [1.807, 2.05) is 4.90 Å². The van der Waals surface area contributed by atoms with Crippen molar-refractivity contribution in [2.75, 3.05) is 18.0 Å². The number of carbonyl (C=O) groups is 1. The molecule has 2 heterocycles. The lowest BCUT2D eigenvalue weighted by molar-refractivity contribution is -0.192. The summed E-state index contributed by atoms with van der Waals surface area (Å²) in [6, 6.07) is 0.685. The normalized spacial score (nSPS) is 21.8. The highest BCUT2D eigenvalue weighted by atomic mass is 19.4. The van der Waals surface area contributed by atoms with Crippen molar-refractivity contribution in [3.63, 3.8) is 0 Å². The van der Waals surface area contributed by atoms with Crippen LogP contribution in [0.3, 0.4) is 0 Å². The summed E-state index contributed by atoms with van der Waals surface area (Å²) in [4.78, 5) is 18.5. The molecule has 2 atom stereocenters. The van der Waals surface area contributed by atoms with E-state index in [-0.39, 0.29) is 0 Å². The van der Waals surface area contributed by atoms with Gasteiger partial charge in [0.2, 0.25) is 0 Å². The maximum Gasteiger partial charge on any atom is 0.490 e. The van der Waals surface area contributed by atoms with E-state index in [9.17, 15) is 17.6 Å². The molecule has 124 valence electrons. The molecule has 22 heavy (non-hydrogen) atoms. The topological polar surface area (TPSA) is 78.4 Å². The second kappa shape index (κ2) is 7.34. The molecule has 0 aliphatic carbocycles. The Balaban J connectivity index is 0.000000295. The molecular formula is C12H16F4N4O2. The van der Waals surface area contributed by atoms with Crippen molar-refractivity contribution in [2.45, 2.75) is 32.1 Å². The van der Waals surface area contributed by atoms with Gasteiger partial charge in [-0.25, -0.2) is 14.8 Å². The van der Waals surface area contributed by atoms with Crippen molar-refractivity contribution in [3.8, 4) is 0 Å². The van der Waals surface area contributed by atoms with E-state index in [0.717, 1.165) is 13.1 Å². The molecule has 1 aliphatic heterocycles. The molecule has 2 rings (SSSR count).